The van der Waals surface area contributed by atoms with Crippen molar-refractivity contribution in [2.45, 2.75) is 30.6 Å². The Labute approximate surface area is 194 Å². The third kappa shape index (κ3) is 4.01. The second kappa shape index (κ2) is 8.41. The Morgan fingerprint density at radius 2 is 1.83 bits per heavy atom. The van der Waals surface area contributed by atoms with Crippen molar-refractivity contribution >= 4 is 56.2 Å². The third-order valence-electron chi connectivity index (χ3n) is 5.24. The SMILES string of the molecule is Cc1nn(C)c(Cl)c1S(=O)(=O)N1CCC(c2nc(-c3ccc(Cl)c(Cl)c3)cs2)CC1. The molecule has 160 valence electrons. The van der Waals surface area contributed by atoms with Gasteiger partial charge in [0.1, 0.15) is 10.0 Å². The van der Waals surface area contributed by atoms with Gasteiger partial charge in [0.05, 0.1) is 26.4 Å². The van der Waals surface area contributed by atoms with Gasteiger partial charge in [0.15, 0.2) is 0 Å². The summed E-state index contributed by atoms with van der Waals surface area (Å²) in [7, 11) is -2.05. The Kier molecular flexibility index (Phi) is 6.18. The highest BCUT2D eigenvalue weighted by Crippen LogP contribution is 2.36. The van der Waals surface area contributed by atoms with Crippen LogP contribution < -0.4 is 0 Å². The van der Waals surface area contributed by atoms with Crippen LogP contribution in [-0.4, -0.2) is 40.6 Å². The summed E-state index contributed by atoms with van der Waals surface area (Å²) in [5.41, 5.74) is 2.17. The van der Waals surface area contributed by atoms with E-state index < -0.39 is 10.0 Å². The lowest BCUT2D eigenvalue weighted by molar-refractivity contribution is 0.319. The molecular formula is C19H19Cl3N4O2S2. The number of thiazole rings is 1. The van der Waals surface area contributed by atoms with Gasteiger partial charge in [0.25, 0.3) is 0 Å². The first-order valence-electron chi connectivity index (χ1n) is 9.28. The Hall–Kier alpha value is -1.16. The molecular weight excluding hydrogens is 487 g/mol. The Morgan fingerprint density at radius 1 is 1.13 bits per heavy atom. The summed E-state index contributed by atoms with van der Waals surface area (Å²) in [6.07, 6.45) is 1.40. The maximum absolute atomic E-state index is 13.1. The molecule has 0 radical (unpaired) electrons. The minimum Gasteiger partial charge on any atom is -0.255 e. The number of aromatic nitrogens is 3. The van der Waals surface area contributed by atoms with Crippen molar-refractivity contribution in [1.29, 1.82) is 0 Å². The topological polar surface area (TPSA) is 68.1 Å². The van der Waals surface area contributed by atoms with E-state index in [-0.39, 0.29) is 16.0 Å². The summed E-state index contributed by atoms with van der Waals surface area (Å²) < 4.78 is 29.1. The second-order valence-corrected chi connectivity index (χ2v) is 11.1. The second-order valence-electron chi connectivity index (χ2n) is 7.21. The van der Waals surface area contributed by atoms with E-state index in [1.54, 1.807) is 37.4 Å². The van der Waals surface area contributed by atoms with Crippen LogP contribution in [0.3, 0.4) is 0 Å². The molecule has 0 aliphatic carbocycles. The van der Waals surface area contributed by atoms with Crippen LogP contribution in [0.4, 0.5) is 0 Å². The standard InChI is InChI=1S/C19H19Cl3N4O2S2/c1-11-17(18(22)25(2)24-11)30(27,28)26-7-5-12(6-8-26)19-23-16(10-29-19)13-3-4-14(20)15(21)9-13/h3-4,9-10,12H,5-8H2,1-2H3. The predicted octanol–water partition coefficient (Wildman–Crippen LogP) is 5.38. The fraction of sp³-hybridized carbons (Fsp3) is 0.368. The van der Waals surface area contributed by atoms with E-state index >= 15 is 0 Å². The molecule has 0 bridgehead atoms. The van der Waals surface area contributed by atoms with E-state index in [9.17, 15) is 8.42 Å². The van der Waals surface area contributed by atoms with Gasteiger partial charge in [0.2, 0.25) is 10.0 Å². The number of rotatable bonds is 4. The van der Waals surface area contributed by atoms with E-state index in [2.05, 4.69) is 5.10 Å². The summed E-state index contributed by atoms with van der Waals surface area (Å²) in [4.78, 5) is 4.86. The molecule has 1 saturated heterocycles. The summed E-state index contributed by atoms with van der Waals surface area (Å²) in [6, 6.07) is 5.45. The van der Waals surface area contributed by atoms with Crippen molar-refractivity contribution < 1.29 is 8.42 Å². The number of hydrogen-bond donors (Lipinski definition) is 0. The molecule has 0 unspecified atom stereocenters. The van der Waals surface area contributed by atoms with E-state index in [1.165, 1.54) is 8.99 Å². The number of benzene rings is 1. The smallest absolute Gasteiger partial charge is 0.248 e. The summed E-state index contributed by atoms with van der Waals surface area (Å²) in [5.74, 6) is 0.212. The number of aryl methyl sites for hydroxylation is 2. The molecule has 30 heavy (non-hydrogen) atoms. The van der Waals surface area contributed by atoms with Crippen LogP contribution in [0.5, 0.6) is 0 Å². The highest BCUT2D eigenvalue weighted by molar-refractivity contribution is 7.89. The highest BCUT2D eigenvalue weighted by Gasteiger charge is 2.35. The van der Waals surface area contributed by atoms with Gasteiger partial charge in [-0.25, -0.2) is 13.4 Å². The van der Waals surface area contributed by atoms with Crippen LogP contribution in [0.15, 0.2) is 28.5 Å². The first-order chi connectivity index (χ1) is 14.2. The fourth-order valence-electron chi connectivity index (χ4n) is 3.64. The number of sulfonamides is 1. The van der Waals surface area contributed by atoms with Crippen molar-refractivity contribution in [2.75, 3.05) is 13.1 Å². The van der Waals surface area contributed by atoms with E-state index in [0.717, 1.165) is 16.3 Å². The molecule has 4 rings (SSSR count). The van der Waals surface area contributed by atoms with Crippen LogP contribution in [0.1, 0.15) is 29.5 Å². The van der Waals surface area contributed by atoms with Crippen LogP contribution >= 0.6 is 46.1 Å². The molecule has 1 aromatic carbocycles. The van der Waals surface area contributed by atoms with Gasteiger partial charge in [-0.05, 0) is 31.9 Å². The fourth-order valence-corrected chi connectivity index (χ4v) is 7.11. The van der Waals surface area contributed by atoms with Crippen molar-refractivity contribution in [3.63, 3.8) is 0 Å². The molecule has 0 spiro atoms. The maximum atomic E-state index is 13.1. The predicted molar refractivity (Wildman–Crippen MR) is 121 cm³/mol. The van der Waals surface area contributed by atoms with Gasteiger partial charge >= 0.3 is 0 Å². The minimum absolute atomic E-state index is 0.0984. The Morgan fingerprint density at radius 3 is 2.43 bits per heavy atom. The van der Waals surface area contributed by atoms with Crippen molar-refractivity contribution in [1.82, 2.24) is 19.1 Å². The molecule has 0 saturated carbocycles. The van der Waals surface area contributed by atoms with Crippen molar-refractivity contribution in [2.24, 2.45) is 7.05 Å². The zero-order valence-electron chi connectivity index (χ0n) is 16.3. The van der Waals surface area contributed by atoms with E-state index in [0.29, 0.717) is 41.7 Å². The first kappa shape index (κ1) is 22.0. The summed E-state index contributed by atoms with van der Waals surface area (Å²) in [6.45, 7) is 2.49. The molecule has 1 fully saturated rings. The highest BCUT2D eigenvalue weighted by atomic mass is 35.5. The molecule has 3 aromatic rings. The minimum atomic E-state index is -3.68. The van der Waals surface area contributed by atoms with Gasteiger partial charge in [-0.3, -0.25) is 4.68 Å². The van der Waals surface area contributed by atoms with Crippen LogP contribution in [0.2, 0.25) is 15.2 Å². The molecule has 2 aromatic heterocycles. The van der Waals surface area contributed by atoms with Gasteiger partial charge in [-0.1, -0.05) is 40.9 Å². The molecule has 1 aliphatic heterocycles. The van der Waals surface area contributed by atoms with Gasteiger partial charge in [-0.2, -0.15) is 9.40 Å². The molecule has 0 N–H and O–H groups in total. The molecule has 3 heterocycles. The normalized spacial score (nSPS) is 16.3. The average molecular weight is 506 g/mol. The van der Waals surface area contributed by atoms with Gasteiger partial charge in [0, 0.05) is 37.0 Å². The van der Waals surface area contributed by atoms with Crippen molar-refractivity contribution in [3.8, 4) is 11.3 Å². The third-order valence-corrected chi connectivity index (χ3v) is 9.58. The maximum Gasteiger partial charge on any atom is 0.248 e. The average Bonchev–Trinajstić information content (AvgIpc) is 3.29. The lowest BCUT2D eigenvalue weighted by atomic mass is 9.99. The monoisotopic (exact) mass is 504 g/mol. The Bertz CT molecular complexity index is 1200. The first-order valence-corrected chi connectivity index (χ1v) is 12.7. The molecule has 6 nitrogen and oxygen atoms in total. The number of nitrogens with zero attached hydrogens (tertiary/aromatic N) is 4. The molecule has 0 atom stereocenters. The molecule has 0 amide bonds. The zero-order chi connectivity index (χ0) is 21.6. The number of piperidine rings is 1. The van der Waals surface area contributed by atoms with Crippen LogP contribution in [0, 0.1) is 6.92 Å². The van der Waals surface area contributed by atoms with Crippen LogP contribution in [-0.2, 0) is 17.1 Å². The lowest BCUT2D eigenvalue weighted by Gasteiger charge is -2.30. The summed E-state index contributed by atoms with van der Waals surface area (Å²) >= 11 is 19.9. The van der Waals surface area contributed by atoms with Gasteiger partial charge < -0.3 is 0 Å². The lowest BCUT2D eigenvalue weighted by Crippen LogP contribution is -2.38. The number of halogens is 3. The molecule has 1 aliphatic rings. The van der Waals surface area contributed by atoms with E-state index in [4.69, 9.17) is 39.8 Å². The van der Waals surface area contributed by atoms with Gasteiger partial charge in [-0.15, -0.1) is 11.3 Å². The van der Waals surface area contributed by atoms with Crippen molar-refractivity contribution in [3.05, 3.63) is 49.5 Å². The summed E-state index contributed by atoms with van der Waals surface area (Å²) in [5, 5.41) is 8.27. The van der Waals surface area contributed by atoms with Crippen LogP contribution in [0.25, 0.3) is 11.3 Å². The zero-order valence-corrected chi connectivity index (χ0v) is 20.2. The molecule has 11 heteroatoms. The largest absolute Gasteiger partial charge is 0.255 e. The van der Waals surface area contributed by atoms with E-state index in [1.807, 2.05) is 11.4 Å². The quantitative estimate of drug-likeness (QED) is 0.477. The Balaban J connectivity index is 1.49. The number of hydrogen-bond acceptors (Lipinski definition) is 5.